The van der Waals surface area contributed by atoms with Gasteiger partial charge in [0.05, 0.1) is 15.7 Å². The van der Waals surface area contributed by atoms with E-state index in [4.69, 9.17) is 0 Å². The number of sulfone groups is 1. The van der Waals surface area contributed by atoms with E-state index in [1.807, 2.05) is 0 Å². The largest absolute Gasteiger partial charge is 0.573 e. The van der Waals surface area contributed by atoms with Crippen molar-refractivity contribution in [3.63, 3.8) is 0 Å². The highest BCUT2D eigenvalue weighted by Crippen LogP contribution is 2.37. The number of ether oxygens (including phenoxy) is 2. The molecule has 1 aromatic carbocycles. The van der Waals surface area contributed by atoms with Gasteiger partial charge in [0, 0.05) is 18.8 Å². The molecule has 0 radical (unpaired) electrons. The van der Waals surface area contributed by atoms with E-state index >= 15 is 0 Å². The predicted octanol–water partition coefficient (Wildman–Crippen LogP) is 3.90. The maximum Gasteiger partial charge on any atom is 0.573 e. The third kappa shape index (κ3) is 6.98. The Hall–Kier alpha value is -3.03. The van der Waals surface area contributed by atoms with Crippen molar-refractivity contribution in [2.24, 2.45) is 5.92 Å². The third-order valence-electron chi connectivity index (χ3n) is 4.93. The van der Waals surface area contributed by atoms with Gasteiger partial charge in [-0.1, -0.05) is 6.07 Å². The Morgan fingerprint density at radius 1 is 1.09 bits per heavy atom. The fraction of sp³-hybridized carbons (Fsp3) is 0.400. The standard InChI is InChI=1S/C20H18F6N2O5S/c21-19(22,23)11-32-17-5-4-13(10-27-17)18(29)28-9-12-6-16(7-12)34(30,31)15-3-1-2-14(8-15)33-20(24,25)26/h1-5,8,10,12,16H,6-7,9,11H2,(H,28,29). The van der Waals surface area contributed by atoms with E-state index in [-0.39, 0.29) is 41.6 Å². The van der Waals surface area contributed by atoms with E-state index in [9.17, 15) is 39.6 Å². The number of rotatable bonds is 8. The molecule has 1 heterocycles. The van der Waals surface area contributed by atoms with E-state index in [0.29, 0.717) is 0 Å². The molecule has 0 atom stereocenters. The molecule has 186 valence electrons. The first kappa shape index (κ1) is 25.6. The smallest absolute Gasteiger partial charge is 0.468 e. The number of carbonyl (C=O) groups is 1. The number of carbonyl (C=O) groups excluding carboxylic acids is 1. The minimum absolute atomic E-state index is 0.0735. The normalized spacial score (nSPS) is 18.6. The van der Waals surface area contributed by atoms with Crippen molar-refractivity contribution in [1.82, 2.24) is 10.3 Å². The first-order chi connectivity index (χ1) is 15.7. The van der Waals surface area contributed by atoms with Crippen LogP contribution in [0.3, 0.4) is 0 Å². The minimum atomic E-state index is -4.95. The van der Waals surface area contributed by atoms with Gasteiger partial charge in [-0.05, 0) is 43.0 Å². The molecule has 7 nitrogen and oxygen atoms in total. The summed E-state index contributed by atoms with van der Waals surface area (Å²) in [6.07, 6.45) is -8.05. The van der Waals surface area contributed by atoms with Gasteiger partial charge in [-0.3, -0.25) is 4.79 Å². The summed E-state index contributed by atoms with van der Waals surface area (Å²) in [4.78, 5) is 15.5. The molecule has 2 aromatic rings. The van der Waals surface area contributed by atoms with Gasteiger partial charge in [-0.25, -0.2) is 13.4 Å². The fourth-order valence-electron chi connectivity index (χ4n) is 3.23. The molecule has 1 N–H and O–H groups in total. The van der Waals surface area contributed by atoms with Crippen molar-refractivity contribution in [2.45, 2.75) is 35.5 Å². The summed E-state index contributed by atoms with van der Waals surface area (Å²) < 4.78 is 107. The summed E-state index contributed by atoms with van der Waals surface area (Å²) >= 11 is 0. The van der Waals surface area contributed by atoms with Crippen LogP contribution in [0.5, 0.6) is 11.6 Å². The number of benzene rings is 1. The van der Waals surface area contributed by atoms with Crippen LogP contribution in [0.4, 0.5) is 26.3 Å². The minimum Gasteiger partial charge on any atom is -0.468 e. The second kappa shape index (κ2) is 9.68. The number of nitrogens with one attached hydrogen (secondary N) is 1. The van der Waals surface area contributed by atoms with Gasteiger partial charge >= 0.3 is 12.5 Å². The van der Waals surface area contributed by atoms with Gasteiger partial charge < -0.3 is 14.8 Å². The van der Waals surface area contributed by atoms with Gasteiger partial charge in [-0.15, -0.1) is 13.2 Å². The number of alkyl halides is 6. The van der Waals surface area contributed by atoms with Crippen LogP contribution in [-0.4, -0.2) is 50.2 Å². The van der Waals surface area contributed by atoms with E-state index in [2.05, 4.69) is 19.8 Å². The Morgan fingerprint density at radius 3 is 2.38 bits per heavy atom. The molecule has 1 fully saturated rings. The first-order valence-electron chi connectivity index (χ1n) is 9.76. The second-order valence-corrected chi connectivity index (χ2v) is 9.75. The summed E-state index contributed by atoms with van der Waals surface area (Å²) in [5, 5.41) is 1.77. The molecule has 0 bridgehead atoms. The molecule has 34 heavy (non-hydrogen) atoms. The molecular formula is C20H18F6N2O5S. The number of halogens is 6. The van der Waals surface area contributed by atoms with Crippen LogP contribution in [0.2, 0.25) is 0 Å². The molecule has 0 saturated heterocycles. The van der Waals surface area contributed by atoms with Crippen LogP contribution < -0.4 is 14.8 Å². The molecule has 1 aromatic heterocycles. The molecule has 0 unspecified atom stereocenters. The van der Waals surface area contributed by atoms with Crippen LogP contribution >= 0.6 is 0 Å². The van der Waals surface area contributed by atoms with E-state index in [1.165, 1.54) is 12.1 Å². The van der Waals surface area contributed by atoms with Gasteiger partial charge in [0.1, 0.15) is 5.75 Å². The van der Waals surface area contributed by atoms with Crippen LogP contribution in [0.25, 0.3) is 0 Å². The summed E-state index contributed by atoms with van der Waals surface area (Å²) in [6.45, 7) is -1.38. The van der Waals surface area contributed by atoms with Crippen molar-refractivity contribution in [1.29, 1.82) is 0 Å². The topological polar surface area (TPSA) is 94.6 Å². The zero-order valence-corrected chi connectivity index (χ0v) is 18.0. The lowest BCUT2D eigenvalue weighted by molar-refractivity contribution is -0.274. The molecule has 0 spiro atoms. The summed E-state index contributed by atoms with van der Waals surface area (Å²) in [6, 6.07) is 6.49. The number of hydrogen-bond donors (Lipinski definition) is 1. The van der Waals surface area contributed by atoms with E-state index in [0.717, 1.165) is 30.5 Å². The van der Waals surface area contributed by atoms with Crippen molar-refractivity contribution >= 4 is 15.7 Å². The summed E-state index contributed by atoms with van der Waals surface area (Å²) in [7, 11) is -3.89. The number of pyridine rings is 1. The Kier molecular flexibility index (Phi) is 7.29. The molecule has 1 saturated carbocycles. The van der Waals surface area contributed by atoms with Gasteiger partial charge in [0.2, 0.25) is 5.88 Å². The zero-order valence-electron chi connectivity index (χ0n) is 17.2. The number of nitrogens with zero attached hydrogens (tertiary/aromatic N) is 1. The molecule has 1 aliphatic carbocycles. The Bertz CT molecular complexity index is 1110. The van der Waals surface area contributed by atoms with E-state index < -0.39 is 45.9 Å². The maximum atomic E-state index is 12.7. The van der Waals surface area contributed by atoms with Crippen molar-refractivity contribution in [3.8, 4) is 11.6 Å². The SMILES string of the molecule is O=C(NCC1CC(S(=O)(=O)c2cccc(OC(F)(F)F)c2)C1)c1ccc(OCC(F)(F)F)nc1. The molecule has 3 rings (SSSR count). The Morgan fingerprint density at radius 2 is 1.79 bits per heavy atom. The van der Waals surface area contributed by atoms with Crippen LogP contribution in [-0.2, 0) is 9.84 Å². The van der Waals surface area contributed by atoms with Crippen LogP contribution in [0.15, 0.2) is 47.5 Å². The lowest BCUT2D eigenvalue weighted by Gasteiger charge is -2.34. The van der Waals surface area contributed by atoms with Gasteiger partial charge in [0.25, 0.3) is 5.91 Å². The lowest BCUT2D eigenvalue weighted by atomic mass is 9.85. The average molecular weight is 512 g/mol. The molecule has 1 aliphatic rings. The van der Waals surface area contributed by atoms with Gasteiger partial charge in [0.15, 0.2) is 16.4 Å². The maximum absolute atomic E-state index is 12.7. The highest BCUT2D eigenvalue weighted by molar-refractivity contribution is 7.92. The molecule has 1 amide bonds. The molecule has 14 heteroatoms. The van der Waals surface area contributed by atoms with Gasteiger partial charge in [-0.2, -0.15) is 13.2 Å². The Labute approximate surface area is 190 Å². The third-order valence-corrected chi connectivity index (χ3v) is 7.11. The zero-order chi connectivity index (χ0) is 25.1. The predicted molar refractivity (Wildman–Crippen MR) is 105 cm³/mol. The lowest BCUT2D eigenvalue weighted by Crippen LogP contribution is -2.42. The second-order valence-electron chi connectivity index (χ2n) is 7.53. The average Bonchev–Trinajstić information content (AvgIpc) is 2.69. The van der Waals surface area contributed by atoms with Crippen molar-refractivity contribution in [3.05, 3.63) is 48.2 Å². The number of amides is 1. The van der Waals surface area contributed by atoms with Crippen LogP contribution in [0.1, 0.15) is 23.2 Å². The first-order valence-corrected chi connectivity index (χ1v) is 11.3. The highest BCUT2D eigenvalue weighted by Gasteiger charge is 2.40. The highest BCUT2D eigenvalue weighted by atomic mass is 32.2. The molecular weight excluding hydrogens is 494 g/mol. The fourth-order valence-corrected chi connectivity index (χ4v) is 5.21. The number of aromatic nitrogens is 1. The van der Waals surface area contributed by atoms with Crippen molar-refractivity contribution < 1.29 is 49.0 Å². The summed E-state index contributed by atoms with van der Waals surface area (Å²) in [5.74, 6) is -1.68. The quantitative estimate of drug-likeness (QED) is 0.540. The van der Waals surface area contributed by atoms with Crippen LogP contribution in [0, 0.1) is 5.92 Å². The summed E-state index contributed by atoms with van der Waals surface area (Å²) in [5.41, 5.74) is 0.0735. The van der Waals surface area contributed by atoms with Crippen molar-refractivity contribution in [2.75, 3.05) is 13.2 Å². The number of hydrogen-bond acceptors (Lipinski definition) is 6. The molecule has 0 aliphatic heterocycles. The van der Waals surface area contributed by atoms with E-state index in [1.54, 1.807) is 0 Å². The monoisotopic (exact) mass is 512 g/mol. The Balaban J connectivity index is 1.49.